The zero-order valence-corrected chi connectivity index (χ0v) is 19.0. The van der Waals surface area contributed by atoms with Gasteiger partial charge in [0.2, 0.25) is 5.91 Å². The smallest absolute Gasteiger partial charge is 0.264 e. The number of nitrogens with one attached hydrogen (secondary N) is 1. The van der Waals surface area contributed by atoms with Crippen molar-refractivity contribution in [1.82, 2.24) is 5.32 Å². The number of rotatable bonds is 8. The number of halogens is 1. The summed E-state index contributed by atoms with van der Waals surface area (Å²) < 4.78 is 28.0. The van der Waals surface area contributed by atoms with E-state index in [4.69, 9.17) is 11.6 Å². The molecular formula is C24H25ClN2O3S. The average molecular weight is 457 g/mol. The van der Waals surface area contributed by atoms with Gasteiger partial charge in [-0.05, 0) is 48.7 Å². The van der Waals surface area contributed by atoms with Crippen LogP contribution in [0.1, 0.15) is 30.5 Å². The van der Waals surface area contributed by atoms with Crippen LogP contribution >= 0.6 is 11.6 Å². The summed E-state index contributed by atoms with van der Waals surface area (Å²) in [4.78, 5) is 13.1. The van der Waals surface area contributed by atoms with Crippen molar-refractivity contribution in [2.75, 3.05) is 10.8 Å². The second kappa shape index (κ2) is 9.98. The predicted octanol–water partition coefficient (Wildman–Crippen LogP) is 5.11. The number of carbonyl (C=O) groups is 1. The Labute approximate surface area is 188 Å². The highest BCUT2D eigenvalue weighted by Gasteiger charge is 2.29. The lowest BCUT2D eigenvalue weighted by atomic mass is 10.0. The van der Waals surface area contributed by atoms with Gasteiger partial charge >= 0.3 is 0 Å². The van der Waals surface area contributed by atoms with Gasteiger partial charge in [-0.1, -0.05) is 73.1 Å². The molecule has 1 amide bonds. The van der Waals surface area contributed by atoms with Crippen LogP contribution in [0, 0.1) is 6.92 Å². The van der Waals surface area contributed by atoms with Crippen molar-refractivity contribution in [1.29, 1.82) is 0 Å². The van der Waals surface area contributed by atoms with E-state index in [-0.39, 0.29) is 17.5 Å². The molecule has 7 heteroatoms. The van der Waals surface area contributed by atoms with E-state index in [2.05, 4.69) is 5.32 Å². The summed E-state index contributed by atoms with van der Waals surface area (Å²) in [6.07, 6.45) is 0.678. The van der Waals surface area contributed by atoms with Gasteiger partial charge in [-0.25, -0.2) is 8.42 Å². The van der Waals surface area contributed by atoms with Gasteiger partial charge in [0.05, 0.1) is 16.6 Å². The van der Waals surface area contributed by atoms with Gasteiger partial charge in [-0.15, -0.1) is 0 Å². The molecule has 3 aromatic rings. The zero-order valence-electron chi connectivity index (χ0n) is 17.5. The maximum atomic E-state index is 13.5. The van der Waals surface area contributed by atoms with E-state index in [9.17, 15) is 13.2 Å². The van der Waals surface area contributed by atoms with Crippen molar-refractivity contribution in [2.45, 2.75) is 31.2 Å². The Morgan fingerprint density at radius 2 is 1.58 bits per heavy atom. The molecule has 0 aliphatic heterocycles. The van der Waals surface area contributed by atoms with E-state index < -0.39 is 15.9 Å². The second-order valence-corrected chi connectivity index (χ2v) is 9.42. The summed E-state index contributed by atoms with van der Waals surface area (Å²) in [5, 5.41) is 3.40. The molecule has 0 saturated heterocycles. The van der Waals surface area contributed by atoms with Crippen LogP contribution in [0.5, 0.6) is 0 Å². The lowest BCUT2D eigenvalue weighted by Gasteiger charge is -2.27. The van der Waals surface area contributed by atoms with Crippen molar-refractivity contribution >= 4 is 33.2 Å². The molecule has 0 aliphatic carbocycles. The number of nitrogens with zero attached hydrogens (tertiary/aromatic N) is 1. The van der Waals surface area contributed by atoms with Crippen LogP contribution in [0.25, 0.3) is 0 Å². The van der Waals surface area contributed by atoms with Crippen LogP contribution in [0.15, 0.2) is 83.8 Å². The SMILES string of the molecule is CC[C@@H](NC(=O)CN(c1cccc(Cl)c1C)S(=O)(=O)c1ccccc1)c1ccccc1. The van der Waals surface area contributed by atoms with Gasteiger partial charge in [0.25, 0.3) is 10.0 Å². The van der Waals surface area contributed by atoms with Crippen molar-refractivity contribution in [3.63, 3.8) is 0 Å². The van der Waals surface area contributed by atoms with Gasteiger partial charge in [-0.2, -0.15) is 0 Å². The third-order valence-electron chi connectivity index (χ3n) is 5.07. The second-order valence-electron chi connectivity index (χ2n) is 7.15. The highest BCUT2D eigenvalue weighted by molar-refractivity contribution is 7.92. The lowest BCUT2D eigenvalue weighted by molar-refractivity contribution is -0.120. The highest BCUT2D eigenvalue weighted by atomic mass is 35.5. The fourth-order valence-electron chi connectivity index (χ4n) is 3.36. The van der Waals surface area contributed by atoms with Crippen LogP contribution < -0.4 is 9.62 Å². The Balaban J connectivity index is 1.95. The summed E-state index contributed by atoms with van der Waals surface area (Å²) in [6, 6.07) is 22.5. The molecule has 5 nitrogen and oxygen atoms in total. The van der Waals surface area contributed by atoms with Crippen LogP contribution in [0.2, 0.25) is 5.02 Å². The fourth-order valence-corrected chi connectivity index (χ4v) is 5.03. The molecule has 162 valence electrons. The molecule has 0 bridgehead atoms. The highest BCUT2D eigenvalue weighted by Crippen LogP contribution is 2.31. The number of carbonyl (C=O) groups excluding carboxylic acids is 1. The molecule has 0 aromatic heterocycles. The van der Waals surface area contributed by atoms with E-state index in [1.807, 2.05) is 37.3 Å². The molecule has 0 fully saturated rings. The summed E-state index contributed by atoms with van der Waals surface area (Å²) in [6.45, 7) is 3.35. The molecular weight excluding hydrogens is 432 g/mol. The van der Waals surface area contributed by atoms with E-state index >= 15 is 0 Å². The summed E-state index contributed by atoms with van der Waals surface area (Å²) in [5.41, 5.74) is 1.93. The van der Waals surface area contributed by atoms with E-state index in [1.54, 1.807) is 43.3 Å². The third-order valence-corrected chi connectivity index (χ3v) is 7.26. The van der Waals surface area contributed by atoms with Crippen molar-refractivity contribution in [3.05, 3.63) is 95.0 Å². The average Bonchev–Trinajstić information content (AvgIpc) is 2.79. The minimum atomic E-state index is -3.98. The summed E-state index contributed by atoms with van der Waals surface area (Å²) in [5.74, 6) is -0.394. The Hall–Kier alpha value is -2.83. The Morgan fingerprint density at radius 3 is 2.19 bits per heavy atom. The van der Waals surface area contributed by atoms with E-state index in [0.717, 1.165) is 9.87 Å². The third kappa shape index (κ3) is 5.27. The fraction of sp³-hybridized carbons (Fsp3) is 0.208. The molecule has 0 radical (unpaired) electrons. The number of amides is 1. The topological polar surface area (TPSA) is 66.5 Å². The summed E-state index contributed by atoms with van der Waals surface area (Å²) >= 11 is 6.26. The quantitative estimate of drug-likeness (QED) is 0.512. The number of hydrogen-bond donors (Lipinski definition) is 1. The molecule has 1 N–H and O–H groups in total. The molecule has 0 unspecified atom stereocenters. The monoisotopic (exact) mass is 456 g/mol. The minimum absolute atomic E-state index is 0.109. The van der Waals surface area contributed by atoms with E-state index in [0.29, 0.717) is 22.7 Å². The lowest BCUT2D eigenvalue weighted by Crippen LogP contribution is -2.42. The number of hydrogen-bond acceptors (Lipinski definition) is 3. The predicted molar refractivity (Wildman–Crippen MR) is 125 cm³/mol. The first kappa shape index (κ1) is 22.8. The number of sulfonamides is 1. The van der Waals surface area contributed by atoms with Crippen molar-refractivity contribution < 1.29 is 13.2 Å². The van der Waals surface area contributed by atoms with Crippen LogP contribution in [-0.2, 0) is 14.8 Å². The van der Waals surface area contributed by atoms with Gasteiger partial charge < -0.3 is 5.32 Å². The first-order chi connectivity index (χ1) is 14.8. The Kier molecular flexibility index (Phi) is 7.36. The summed E-state index contributed by atoms with van der Waals surface area (Å²) in [7, 11) is -3.98. The molecule has 0 heterocycles. The minimum Gasteiger partial charge on any atom is -0.348 e. The zero-order chi connectivity index (χ0) is 22.4. The van der Waals surface area contributed by atoms with Gasteiger partial charge in [0.1, 0.15) is 6.54 Å². The van der Waals surface area contributed by atoms with Crippen LogP contribution in [0.3, 0.4) is 0 Å². The van der Waals surface area contributed by atoms with Crippen molar-refractivity contribution in [3.8, 4) is 0 Å². The molecule has 0 spiro atoms. The molecule has 0 saturated carbocycles. The molecule has 3 rings (SSSR count). The number of anilines is 1. The normalized spacial score (nSPS) is 12.2. The molecule has 31 heavy (non-hydrogen) atoms. The van der Waals surface area contributed by atoms with E-state index in [1.165, 1.54) is 12.1 Å². The Bertz CT molecular complexity index is 1140. The van der Waals surface area contributed by atoms with Crippen LogP contribution in [0.4, 0.5) is 5.69 Å². The largest absolute Gasteiger partial charge is 0.348 e. The first-order valence-electron chi connectivity index (χ1n) is 10.0. The van der Waals surface area contributed by atoms with Gasteiger partial charge in [0, 0.05) is 5.02 Å². The van der Waals surface area contributed by atoms with Crippen molar-refractivity contribution in [2.24, 2.45) is 0 Å². The Morgan fingerprint density at radius 1 is 0.968 bits per heavy atom. The molecule has 0 aliphatic rings. The van der Waals surface area contributed by atoms with Crippen LogP contribution in [-0.4, -0.2) is 20.9 Å². The molecule has 1 atom stereocenters. The van der Waals surface area contributed by atoms with Gasteiger partial charge in [0.15, 0.2) is 0 Å². The maximum absolute atomic E-state index is 13.5. The van der Waals surface area contributed by atoms with Gasteiger partial charge in [-0.3, -0.25) is 9.10 Å². The standard InChI is InChI=1S/C24H25ClN2O3S/c1-3-22(19-11-6-4-7-12-19)26-24(28)17-27(23-16-10-15-21(25)18(23)2)31(29,30)20-13-8-5-9-14-20/h4-16,22H,3,17H2,1-2H3,(H,26,28)/t22-/m1/s1. The maximum Gasteiger partial charge on any atom is 0.264 e. The first-order valence-corrected chi connectivity index (χ1v) is 11.8. The number of benzene rings is 3. The molecule has 3 aromatic carbocycles.